The van der Waals surface area contributed by atoms with Gasteiger partial charge in [-0.25, -0.2) is 0 Å². The number of hydrogen-bond donors (Lipinski definition) is 0. The van der Waals surface area contributed by atoms with Crippen LogP contribution in [-0.4, -0.2) is 4.57 Å². The maximum Gasteiger partial charge on any atom is 0.0541 e. The maximum atomic E-state index is 2.42. The SMILES string of the molecule is c1ccc(-c2c3ccccc3c(-c3cccc(-n4c5ccccc5c5ccccc54)c3)c3ccc4c5ccccc5sc4c23)cc1. The molecular weight excluding hydrogens is 575 g/mol. The largest absolute Gasteiger partial charge is 0.309 e. The Hall–Kier alpha value is -5.70. The predicted octanol–water partition coefficient (Wildman–Crippen LogP) is 12.8. The summed E-state index contributed by atoms with van der Waals surface area (Å²) in [6, 6.07) is 60.1. The molecule has 46 heavy (non-hydrogen) atoms. The van der Waals surface area contributed by atoms with Crippen molar-refractivity contribution >= 4 is 74.9 Å². The van der Waals surface area contributed by atoms with Crippen LogP contribution in [0.4, 0.5) is 0 Å². The second kappa shape index (κ2) is 9.90. The van der Waals surface area contributed by atoms with Gasteiger partial charge in [0.05, 0.1) is 11.0 Å². The van der Waals surface area contributed by atoms with Crippen LogP contribution in [0, 0.1) is 0 Å². The first-order valence-electron chi connectivity index (χ1n) is 15.8. The minimum absolute atomic E-state index is 1.17. The first-order chi connectivity index (χ1) is 22.8. The van der Waals surface area contributed by atoms with Gasteiger partial charge in [-0.15, -0.1) is 11.3 Å². The van der Waals surface area contributed by atoms with Crippen molar-refractivity contribution in [3.05, 3.63) is 164 Å². The Balaban J connectivity index is 1.35. The van der Waals surface area contributed by atoms with Gasteiger partial charge in [-0.2, -0.15) is 0 Å². The highest BCUT2D eigenvalue weighted by molar-refractivity contribution is 7.26. The van der Waals surface area contributed by atoms with Crippen molar-refractivity contribution in [3.8, 4) is 27.9 Å². The van der Waals surface area contributed by atoms with Gasteiger partial charge in [0, 0.05) is 42.0 Å². The van der Waals surface area contributed by atoms with Gasteiger partial charge in [0.25, 0.3) is 0 Å². The molecule has 0 aliphatic rings. The molecule has 1 nitrogen and oxygen atoms in total. The fourth-order valence-electron chi connectivity index (χ4n) is 7.66. The number of nitrogens with zero attached hydrogens (tertiary/aromatic N) is 1. The van der Waals surface area contributed by atoms with Crippen molar-refractivity contribution in [3.63, 3.8) is 0 Å². The molecule has 0 amide bonds. The van der Waals surface area contributed by atoms with Gasteiger partial charge >= 0.3 is 0 Å². The quantitative estimate of drug-likeness (QED) is 0.178. The van der Waals surface area contributed by atoms with Crippen LogP contribution < -0.4 is 0 Å². The Morgan fingerprint density at radius 3 is 1.67 bits per heavy atom. The first kappa shape index (κ1) is 25.6. The summed E-state index contributed by atoms with van der Waals surface area (Å²) >= 11 is 1.91. The molecule has 0 saturated heterocycles. The third-order valence-electron chi connectivity index (χ3n) is 9.57. The molecule has 8 aromatic carbocycles. The normalized spacial score (nSPS) is 11.9. The molecule has 10 aromatic rings. The van der Waals surface area contributed by atoms with E-state index in [0.717, 1.165) is 0 Å². The highest BCUT2D eigenvalue weighted by atomic mass is 32.1. The van der Waals surface area contributed by atoms with Crippen LogP contribution in [0.1, 0.15) is 0 Å². The monoisotopic (exact) mass is 601 g/mol. The van der Waals surface area contributed by atoms with Crippen molar-refractivity contribution < 1.29 is 0 Å². The average molecular weight is 602 g/mol. The van der Waals surface area contributed by atoms with E-state index in [4.69, 9.17) is 0 Å². The summed E-state index contributed by atoms with van der Waals surface area (Å²) in [6.45, 7) is 0. The van der Waals surface area contributed by atoms with Crippen molar-refractivity contribution in [2.45, 2.75) is 0 Å². The molecule has 0 fully saturated rings. The van der Waals surface area contributed by atoms with Crippen molar-refractivity contribution in [1.29, 1.82) is 0 Å². The third-order valence-corrected chi connectivity index (χ3v) is 10.8. The van der Waals surface area contributed by atoms with E-state index < -0.39 is 0 Å². The summed E-state index contributed by atoms with van der Waals surface area (Å²) < 4.78 is 5.09. The molecule has 0 spiro atoms. The molecule has 0 aliphatic carbocycles. The molecule has 2 aromatic heterocycles. The topological polar surface area (TPSA) is 4.93 Å². The van der Waals surface area contributed by atoms with E-state index in [1.54, 1.807) is 0 Å². The molecular formula is C44H27NS. The molecule has 0 saturated carbocycles. The summed E-state index contributed by atoms with van der Waals surface area (Å²) in [5.74, 6) is 0. The summed E-state index contributed by atoms with van der Waals surface area (Å²) in [7, 11) is 0. The smallest absolute Gasteiger partial charge is 0.0541 e. The van der Waals surface area contributed by atoms with E-state index in [1.165, 1.54) is 91.5 Å². The van der Waals surface area contributed by atoms with Crippen LogP contribution in [-0.2, 0) is 0 Å². The zero-order valence-electron chi connectivity index (χ0n) is 24.9. The van der Waals surface area contributed by atoms with Gasteiger partial charge in [-0.3, -0.25) is 0 Å². The lowest BCUT2D eigenvalue weighted by Crippen LogP contribution is -1.95. The number of benzene rings is 8. The summed E-state index contributed by atoms with van der Waals surface area (Å²) in [4.78, 5) is 0. The number of fused-ring (bicyclic) bond motifs is 9. The average Bonchev–Trinajstić information content (AvgIpc) is 3.67. The van der Waals surface area contributed by atoms with E-state index >= 15 is 0 Å². The Morgan fingerprint density at radius 1 is 0.370 bits per heavy atom. The second-order valence-electron chi connectivity index (χ2n) is 12.0. The van der Waals surface area contributed by atoms with E-state index in [-0.39, 0.29) is 0 Å². The maximum absolute atomic E-state index is 2.42. The standard InChI is InChI=1S/C44H27NS/c1-2-13-28(14-3-1)42-35-21-5-4-20-34(35)41(37-26-25-36-33-19-8-11-24-40(33)46-44(36)43(37)42)29-15-12-16-30(27-29)45-38-22-9-6-17-31(38)32-18-7-10-23-39(32)45/h1-27H. The number of rotatable bonds is 3. The summed E-state index contributed by atoms with van der Waals surface area (Å²) in [5, 5.41) is 10.4. The minimum Gasteiger partial charge on any atom is -0.309 e. The van der Waals surface area contributed by atoms with Crippen LogP contribution >= 0.6 is 11.3 Å². The molecule has 0 N–H and O–H groups in total. The predicted molar refractivity (Wildman–Crippen MR) is 200 cm³/mol. The molecule has 214 valence electrons. The third kappa shape index (κ3) is 3.62. The highest BCUT2D eigenvalue weighted by Crippen LogP contribution is 2.49. The lowest BCUT2D eigenvalue weighted by Gasteiger charge is -2.19. The molecule has 2 heteroatoms. The fourth-order valence-corrected chi connectivity index (χ4v) is 8.92. The van der Waals surface area contributed by atoms with Crippen molar-refractivity contribution in [1.82, 2.24) is 4.57 Å². The number of hydrogen-bond acceptors (Lipinski definition) is 1. The van der Waals surface area contributed by atoms with Crippen molar-refractivity contribution in [2.24, 2.45) is 0 Å². The second-order valence-corrected chi connectivity index (χ2v) is 13.1. The zero-order chi connectivity index (χ0) is 30.2. The first-order valence-corrected chi connectivity index (χ1v) is 16.6. The minimum atomic E-state index is 1.17. The van der Waals surface area contributed by atoms with E-state index in [1.807, 2.05) is 11.3 Å². The highest BCUT2D eigenvalue weighted by Gasteiger charge is 2.21. The summed E-state index contributed by atoms with van der Waals surface area (Å²) in [6.07, 6.45) is 0. The Kier molecular flexibility index (Phi) is 5.51. The van der Waals surface area contributed by atoms with Crippen molar-refractivity contribution in [2.75, 3.05) is 0 Å². The van der Waals surface area contributed by atoms with Crippen LogP contribution in [0.25, 0.3) is 91.5 Å². The molecule has 10 rings (SSSR count). The fraction of sp³-hybridized carbons (Fsp3) is 0. The van der Waals surface area contributed by atoms with Gasteiger partial charge in [-0.1, -0.05) is 133 Å². The number of thiophene rings is 1. The van der Waals surface area contributed by atoms with E-state index in [9.17, 15) is 0 Å². The number of aromatic nitrogens is 1. The van der Waals surface area contributed by atoms with Gasteiger partial charge in [0.2, 0.25) is 0 Å². The summed E-state index contributed by atoms with van der Waals surface area (Å²) in [5.41, 5.74) is 8.68. The van der Waals surface area contributed by atoms with Crippen LogP contribution in [0.3, 0.4) is 0 Å². The molecule has 2 heterocycles. The van der Waals surface area contributed by atoms with Crippen LogP contribution in [0.15, 0.2) is 164 Å². The van der Waals surface area contributed by atoms with Gasteiger partial charge in [0.15, 0.2) is 0 Å². The van der Waals surface area contributed by atoms with Crippen LogP contribution in [0.5, 0.6) is 0 Å². The Labute approximate surface area is 270 Å². The Morgan fingerprint density at radius 2 is 0.935 bits per heavy atom. The lowest BCUT2D eigenvalue weighted by atomic mass is 9.85. The Bertz CT molecular complexity index is 2750. The molecule has 0 aliphatic heterocycles. The van der Waals surface area contributed by atoms with Gasteiger partial charge in [0.1, 0.15) is 0 Å². The van der Waals surface area contributed by atoms with E-state index in [2.05, 4.69) is 168 Å². The molecule has 0 radical (unpaired) electrons. The van der Waals surface area contributed by atoms with Gasteiger partial charge in [-0.05, 0) is 68.7 Å². The van der Waals surface area contributed by atoms with E-state index in [0.29, 0.717) is 0 Å². The van der Waals surface area contributed by atoms with Gasteiger partial charge < -0.3 is 4.57 Å². The zero-order valence-corrected chi connectivity index (χ0v) is 25.8. The lowest BCUT2D eigenvalue weighted by molar-refractivity contribution is 1.18. The number of para-hydroxylation sites is 2. The molecule has 0 unspecified atom stereocenters. The molecule has 0 atom stereocenters. The molecule has 0 bridgehead atoms. The van der Waals surface area contributed by atoms with Crippen LogP contribution in [0.2, 0.25) is 0 Å².